The van der Waals surface area contributed by atoms with Gasteiger partial charge in [-0.3, -0.25) is 0 Å². The predicted molar refractivity (Wildman–Crippen MR) is 219 cm³/mol. The lowest BCUT2D eigenvalue weighted by Gasteiger charge is -2.25. The Bertz CT molecular complexity index is 2250. The van der Waals surface area contributed by atoms with Crippen LogP contribution in [-0.2, 0) is 0 Å². The van der Waals surface area contributed by atoms with Gasteiger partial charge < -0.3 is 19.3 Å². The molecular formula is C48H36F4N2O2. The SMILES string of the molecule is COc1ccc(N(c2ccccc2)c2ccc(/C=C/c3c(F)c(F)c(/C=C/c4ccc(N(c5ccccc5)c5ccc(OC)cc5)cc4)c(F)c3F)cc2)cc1. The molecule has 56 heavy (non-hydrogen) atoms. The third kappa shape index (κ3) is 8.05. The van der Waals surface area contributed by atoms with Crippen LogP contribution in [0.2, 0.25) is 0 Å². The molecule has 278 valence electrons. The monoisotopic (exact) mass is 748 g/mol. The number of halogens is 4. The fraction of sp³-hybridized carbons (Fsp3) is 0.0417. The first kappa shape index (κ1) is 37.3. The van der Waals surface area contributed by atoms with Crippen molar-refractivity contribution >= 4 is 58.4 Å². The Hall–Kier alpha value is -7.06. The van der Waals surface area contributed by atoms with E-state index in [-0.39, 0.29) is 0 Å². The van der Waals surface area contributed by atoms with E-state index in [2.05, 4.69) is 0 Å². The Kier molecular flexibility index (Phi) is 11.3. The van der Waals surface area contributed by atoms with E-state index in [4.69, 9.17) is 9.47 Å². The van der Waals surface area contributed by atoms with Crippen molar-refractivity contribution in [3.05, 3.63) is 203 Å². The van der Waals surface area contributed by atoms with Gasteiger partial charge in [0, 0.05) is 34.1 Å². The lowest BCUT2D eigenvalue weighted by molar-refractivity contribution is 0.414. The summed E-state index contributed by atoms with van der Waals surface area (Å²) in [6, 6.07) is 49.2. The number of anilines is 6. The van der Waals surface area contributed by atoms with Crippen molar-refractivity contribution in [1.29, 1.82) is 0 Å². The number of hydrogen-bond donors (Lipinski definition) is 0. The molecule has 0 amide bonds. The van der Waals surface area contributed by atoms with E-state index in [0.717, 1.165) is 57.8 Å². The molecule has 0 atom stereocenters. The first-order valence-corrected chi connectivity index (χ1v) is 17.8. The van der Waals surface area contributed by atoms with E-state index >= 15 is 17.6 Å². The minimum absolute atomic E-state index is 0.571. The lowest BCUT2D eigenvalue weighted by atomic mass is 10.0. The van der Waals surface area contributed by atoms with E-state index in [9.17, 15) is 0 Å². The molecule has 0 N–H and O–H groups in total. The number of methoxy groups -OCH3 is 2. The molecule has 0 aliphatic heterocycles. The van der Waals surface area contributed by atoms with Gasteiger partial charge in [0.2, 0.25) is 0 Å². The highest BCUT2D eigenvalue weighted by Crippen LogP contribution is 2.37. The van der Waals surface area contributed by atoms with Gasteiger partial charge in [0.1, 0.15) is 11.5 Å². The second kappa shape index (κ2) is 17.0. The Labute approximate surface area is 323 Å². The summed E-state index contributed by atoms with van der Waals surface area (Å²) >= 11 is 0. The molecule has 4 nitrogen and oxygen atoms in total. The zero-order valence-corrected chi connectivity index (χ0v) is 30.5. The number of para-hydroxylation sites is 2. The van der Waals surface area contributed by atoms with Gasteiger partial charge in [0.25, 0.3) is 0 Å². The van der Waals surface area contributed by atoms with E-state index in [1.54, 1.807) is 38.5 Å². The molecule has 0 saturated heterocycles. The molecule has 0 radical (unpaired) electrons. The summed E-state index contributed by atoms with van der Waals surface area (Å²) in [4.78, 5) is 4.08. The van der Waals surface area contributed by atoms with E-state index in [1.807, 2.05) is 143 Å². The molecule has 0 fully saturated rings. The quantitative estimate of drug-likeness (QED) is 0.0706. The molecule has 0 bridgehead atoms. The molecule has 0 spiro atoms. The van der Waals surface area contributed by atoms with Crippen molar-refractivity contribution in [3.63, 3.8) is 0 Å². The van der Waals surface area contributed by atoms with Gasteiger partial charge in [0.05, 0.1) is 25.3 Å². The van der Waals surface area contributed by atoms with Crippen LogP contribution < -0.4 is 19.3 Å². The van der Waals surface area contributed by atoms with Gasteiger partial charge in [-0.15, -0.1) is 0 Å². The largest absolute Gasteiger partial charge is 0.497 e. The molecule has 0 saturated carbocycles. The molecule has 7 aromatic rings. The number of benzene rings is 7. The van der Waals surface area contributed by atoms with Crippen LogP contribution in [0.4, 0.5) is 51.7 Å². The normalized spacial score (nSPS) is 11.2. The highest BCUT2D eigenvalue weighted by atomic mass is 19.2. The van der Waals surface area contributed by atoms with Gasteiger partial charge in [-0.1, -0.05) is 72.8 Å². The molecule has 7 rings (SSSR count). The van der Waals surface area contributed by atoms with Gasteiger partial charge in [-0.05, 0) is 120 Å². The summed E-state index contributed by atoms with van der Waals surface area (Å²) in [7, 11) is 3.21. The Morgan fingerprint density at radius 3 is 0.893 bits per heavy atom. The fourth-order valence-electron chi connectivity index (χ4n) is 6.30. The summed E-state index contributed by atoms with van der Waals surface area (Å²) in [6.45, 7) is 0. The molecule has 0 aliphatic rings. The zero-order chi connectivity index (χ0) is 39.0. The minimum Gasteiger partial charge on any atom is -0.497 e. The molecule has 0 unspecified atom stereocenters. The van der Waals surface area contributed by atoms with Crippen LogP contribution in [0.15, 0.2) is 158 Å². The van der Waals surface area contributed by atoms with Crippen LogP contribution in [0.1, 0.15) is 22.3 Å². The molecule has 0 aromatic heterocycles. The highest BCUT2D eigenvalue weighted by molar-refractivity contribution is 5.80. The standard InChI is InChI=1S/C48H36F4N2O2/c1-55-41-27-23-39(24-28-41)53(35-9-5-3-6-10-35)37-19-13-33(14-20-37)17-31-43-45(49)47(51)44(48(52)46(43)50)32-18-34-15-21-38(22-16-34)54(36-11-7-4-8-12-36)40-25-29-42(56-2)30-26-40/h3-32H,1-2H3/b31-17+,32-18+. The number of nitrogens with zero attached hydrogens (tertiary/aromatic N) is 2. The Morgan fingerprint density at radius 2 is 0.607 bits per heavy atom. The average Bonchev–Trinajstić information content (AvgIpc) is 3.25. The van der Waals surface area contributed by atoms with E-state index < -0.39 is 34.4 Å². The molecule has 0 heterocycles. The van der Waals surface area contributed by atoms with Gasteiger partial charge in [-0.25, -0.2) is 17.6 Å². The Balaban J connectivity index is 1.11. The maximum absolute atomic E-state index is 15.3. The summed E-state index contributed by atoms with van der Waals surface area (Å²) < 4.78 is 72.0. The summed E-state index contributed by atoms with van der Waals surface area (Å²) in [5.41, 5.74) is 4.78. The first-order valence-electron chi connectivity index (χ1n) is 17.8. The zero-order valence-electron chi connectivity index (χ0n) is 30.5. The average molecular weight is 749 g/mol. The van der Waals surface area contributed by atoms with Crippen LogP contribution >= 0.6 is 0 Å². The van der Waals surface area contributed by atoms with Crippen molar-refractivity contribution in [2.75, 3.05) is 24.0 Å². The summed E-state index contributed by atoms with van der Waals surface area (Å²) in [6.07, 6.45) is 4.90. The van der Waals surface area contributed by atoms with Crippen molar-refractivity contribution in [1.82, 2.24) is 0 Å². The maximum Gasteiger partial charge on any atom is 0.169 e. The third-order valence-electron chi connectivity index (χ3n) is 9.21. The summed E-state index contributed by atoms with van der Waals surface area (Å²) in [5, 5.41) is 0. The number of rotatable bonds is 12. The minimum atomic E-state index is -1.49. The van der Waals surface area contributed by atoms with Crippen LogP contribution in [0.25, 0.3) is 24.3 Å². The van der Waals surface area contributed by atoms with E-state index in [1.165, 1.54) is 12.2 Å². The van der Waals surface area contributed by atoms with Crippen molar-refractivity contribution in [3.8, 4) is 11.5 Å². The van der Waals surface area contributed by atoms with Crippen LogP contribution in [0, 0.1) is 23.3 Å². The molecule has 0 aliphatic carbocycles. The third-order valence-corrected chi connectivity index (χ3v) is 9.21. The highest BCUT2D eigenvalue weighted by Gasteiger charge is 2.23. The van der Waals surface area contributed by atoms with Crippen molar-refractivity contribution < 1.29 is 27.0 Å². The van der Waals surface area contributed by atoms with Gasteiger partial charge >= 0.3 is 0 Å². The van der Waals surface area contributed by atoms with Crippen LogP contribution in [-0.4, -0.2) is 14.2 Å². The van der Waals surface area contributed by atoms with Gasteiger partial charge in [0.15, 0.2) is 23.3 Å². The molecule has 8 heteroatoms. The predicted octanol–water partition coefficient (Wildman–Crippen LogP) is 13.5. The van der Waals surface area contributed by atoms with E-state index in [0.29, 0.717) is 11.1 Å². The van der Waals surface area contributed by atoms with Gasteiger partial charge in [-0.2, -0.15) is 0 Å². The first-order chi connectivity index (χ1) is 27.3. The molecular weight excluding hydrogens is 713 g/mol. The van der Waals surface area contributed by atoms with Crippen LogP contribution in [0.5, 0.6) is 11.5 Å². The lowest BCUT2D eigenvalue weighted by Crippen LogP contribution is -2.09. The second-order valence-electron chi connectivity index (χ2n) is 12.7. The van der Waals surface area contributed by atoms with Crippen LogP contribution in [0.3, 0.4) is 0 Å². The van der Waals surface area contributed by atoms with Crippen molar-refractivity contribution in [2.24, 2.45) is 0 Å². The topological polar surface area (TPSA) is 24.9 Å². The Morgan fingerprint density at radius 1 is 0.339 bits per heavy atom. The van der Waals surface area contributed by atoms with Crippen molar-refractivity contribution in [2.45, 2.75) is 0 Å². The number of hydrogen-bond acceptors (Lipinski definition) is 4. The summed E-state index contributed by atoms with van der Waals surface area (Å²) in [5.74, 6) is -4.50. The molecule has 7 aromatic carbocycles. The fourth-order valence-corrected chi connectivity index (χ4v) is 6.30. The second-order valence-corrected chi connectivity index (χ2v) is 12.7. The maximum atomic E-state index is 15.3. The number of ether oxygens (including phenoxy) is 2. The smallest absolute Gasteiger partial charge is 0.169 e.